The molecular weight excluding hydrogens is 160 g/mol. The Bertz CT molecular complexity index is 205. The molecule has 1 rings (SSSR count). The lowest BCUT2D eigenvalue weighted by molar-refractivity contribution is -0.145. The summed E-state index contributed by atoms with van der Waals surface area (Å²) in [6.07, 6.45) is 0.331. The minimum absolute atomic E-state index is 0.284. The number of amides is 1. The lowest BCUT2D eigenvalue weighted by atomic mass is 10.2. The first-order valence-electron chi connectivity index (χ1n) is 3.87. The van der Waals surface area contributed by atoms with Gasteiger partial charge in [-0.2, -0.15) is 0 Å². The number of esters is 1. The molecule has 0 aromatic carbocycles. The molecule has 12 heavy (non-hydrogen) atoms. The van der Waals surface area contributed by atoms with Crippen molar-refractivity contribution in [3.05, 3.63) is 0 Å². The summed E-state index contributed by atoms with van der Waals surface area (Å²) in [6, 6.07) is -1.12. The third-order valence-corrected chi connectivity index (χ3v) is 1.71. The van der Waals surface area contributed by atoms with Gasteiger partial charge in [-0.25, -0.2) is 4.79 Å². The van der Waals surface area contributed by atoms with Gasteiger partial charge >= 0.3 is 5.97 Å². The summed E-state index contributed by atoms with van der Waals surface area (Å²) >= 11 is 0. The van der Waals surface area contributed by atoms with E-state index in [1.165, 1.54) is 0 Å². The minimum Gasteiger partial charge on any atom is -0.464 e. The molecule has 5 heteroatoms. The number of rotatable bonds is 2. The number of carbonyl (C=O) groups excluding carboxylic acids is 2. The SMILES string of the molecule is CCOC(=O)C1CC(N)C(=O)N1. The van der Waals surface area contributed by atoms with Gasteiger partial charge in [-0.1, -0.05) is 0 Å². The maximum Gasteiger partial charge on any atom is 0.328 e. The first-order chi connectivity index (χ1) is 5.65. The molecule has 5 nitrogen and oxygen atoms in total. The van der Waals surface area contributed by atoms with Crippen molar-refractivity contribution in [3.8, 4) is 0 Å². The van der Waals surface area contributed by atoms with Crippen LogP contribution >= 0.6 is 0 Å². The number of hydrogen-bond acceptors (Lipinski definition) is 4. The molecule has 0 saturated carbocycles. The molecule has 3 N–H and O–H groups in total. The van der Waals surface area contributed by atoms with E-state index in [0.29, 0.717) is 13.0 Å². The van der Waals surface area contributed by atoms with Crippen molar-refractivity contribution in [2.75, 3.05) is 6.61 Å². The lowest BCUT2D eigenvalue weighted by Gasteiger charge is -2.07. The fraction of sp³-hybridized carbons (Fsp3) is 0.714. The van der Waals surface area contributed by atoms with Crippen molar-refractivity contribution in [1.29, 1.82) is 0 Å². The van der Waals surface area contributed by atoms with E-state index in [0.717, 1.165) is 0 Å². The van der Waals surface area contributed by atoms with Gasteiger partial charge in [0, 0.05) is 6.42 Å². The molecule has 1 saturated heterocycles. The highest BCUT2D eigenvalue weighted by Gasteiger charge is 2.34. The Balaban J connectivity index is 2.46. The van der Waals surface area contributed by atoms with Crippen molar-refractivity contribution in [1.82, 2.24) is 5.32 Å². The zero-order valence-corrected chi connectivity index (χ0v) is 6.87. The van der Waals surface area contributed by atoms with E-state index in [-0.39, 0.29) is 5.91 Å². The normalized spacial score (nSPS) is 28.3. The van der Waals surface area contributed by atoms with Crippen molar-refractivity contribution in [2.24, 2.45) is 5.73 Å². The van der Waals surface area contributed by atoms with Crippen LogP contribution in [0.4, 0.5) is 0 Å². The highest BCUT2D eigenvalue weighted by Crippen LogP contribution is 2.07. The molecule has 2 unspecified atom stereocenters. The predicted molar refractivity (Wildman–Crippen MR) is 41.2 cm³/mol. The lowest BCUT2D eigenvalue weighted by Crippen LogP contribution is -2.35. The molecule has 0 aromatic heterocycles. The molecule has 1 amide bonds. The Morgan fingerprint density at radius 2 is 2.50 bits per heavy atom. The van der Waals surface area contributed by atoms with Crippen LogP contribution in [-0.2, 0) is 14.3 Å². The Kier molecular flexibility index (Phi) is 2.65. The number of ether oxygens (including phenoxy) is 1. The topological polar surface area (TPSA) is 81.4 Å². The van der Waals surface area contributed by atoms with Gasteiger partial charge in [-0.15, -0.1) is 0 Å². The standard InChI is InChI=1S/C7H12N2O3/c1-2-12-7(11)5-3-4(8)6(10)9-5/h4-5H,2-3,8H2,1H3,(H,9,10). The molecular formula is C7H12N2O3. The molecule has 0 aromatic rings. The highest BCUT2D eigenvalue weighted by atomic mass is 16.5. The maximum atomic E-state index is 11.0. The van der Waals surface area contributed by atoms with Crippen LogP contribution < -0.4 is 11.1 Å². The second-order valence-corrected chi connectivity index (χ2v) is 2.66. The average Bonchev–Trinajstić information content (AvgIpc) is 2.33. The molecule has 1 aliphatic heterocycles. The zero-order valence-electron chi connectivity index (χ0n) is 6.87. The van der Waals surface area contributed by atoms with Crippen LogP contribution in [0.1, 0.15) is 13.3 Å². The van der Waals surface area contributed by atoms with Gasteiger partial charge in [0.05, 0.1) is 12.6 Å². The molecule has 1 heterocycles. The highest BCUT2D eigenvalue weighted by molar-refractivity contribution is 5.91. The quantitative estimate of drug-likeness (QED) is 0.511. The van der Waals surface area contributed by atoms with Crippen LogP contribution in [0.25, 0.3) is 0 Å². The average molecular weight is 172 g/mol. The summed E-state index contributed by atoms with van der Waals surface area (Å²) in [5, 5.41) is 2.45. The largest absolute Gasteiger partial charge is 0.464 e. The second-order valence-electron chi connectivity index (χ2n) is 2.66. The third kappa shape index (κ3) is 1.73. The first-order valence-corrected chi connectivity index (χ1v) is 3.87. The van der Waals surface area contributed by atoms with Crippen LogP contribution in [0, 0.1) is 0 Å². The predicted octanol–water partition coefficient (Wildman–Crippen LogP) is -1.23. The monoisotopic (exact) mass is 172 g/mol. The summed E-state index contributed by atoms with van der Waals surface area (Å²) in [4.78, 5) is 21.9. The van der Waals surface area contributed by atoms with Gasteiger partial charge in [0.25, 0.3) is 0 Å². The van der Waals surface area contributed by atoms with Crippen LogP contribution in [0.15, 0.2) is 0 Å². The Morgan fingerprint density at radius 1 is 1.83 bits per heavy atom. The number of nitrogens with two attached hydrogens (primary N) is 1. The molecule has 1 aliphatic rings. The molecule has 0 spiro atoms. The van der Waals surface area contributed by atoms with E-state index in [9.17, 15) is 9.59 Å². The zero-order chi connectivity index (χ0) is 9.14. The van der Waals surface area contributed by atoms with E-state index < -0.39 is 18.1 Å². The molecule has 68 valence electrons. The summed E-state index contributed by atoms with van der Waals surface area (Å²) in [7, 11) is 0. The molecule has 1 fully saturated rings. The van der Waals surface area contributed by atoms with Gasteiger partial charge in [-0.3, -0.25) is 4.79 Å². The van der Waals surface area contributed by atoms with E-state index in [1.807, 2.05) is 0 Å². The number of hydrogen-bond donors (Lipinski definition) is 2. The van der Waals surface area contributed by atoms with Gasteiger partial charge in [0.1, 0.15) is 6.04 Å². The van der Waals surface area contributed by atoms with Crippen molar-refractivity contribution >= 4 is 11.9 Å². The Morgan fingerprint density at radius 3 is 2.92 bits per heavy atom. The van der Waals surface area contributed by atoms with E-state index in [4.69, 9.17) is 10.5 Å². The maximum absolute atomic E-state index is 11.0. The second kappa shape index (κ2) is 3.53. The van der Waals surface area contributed by atoms with E-state index in [1.54, 1.807) is 6.92 Å². The Hall–Kier alpha value is -1.10. The van der Waals surface area contributed by atoms with Gasteiger partial charge in [0.15, 0.2) is 0 Å². The first kappa shape index (κ1) is 8.99. The molecule has 0 bridgehead atoms. The van der Waals surface area contributed by atoms with Crippen LogP contribution in [-0.4, -0.2) is 30.6 Å². The van der Waals surface area contributed by atoms with Gasteiger partial charge < -0.3 is 15.8 Å². The molecule has 0 radical (unpaired) electrons. The minimum atomic E-state index is -0.570. The van der Waals surface area contributed by atoms with Gasteiger partial charge in [-0.05, 0) is 6.92 Å². The van der Waals surface area contributed by atoms with E-state index >= 15 is 0 Å². The third-order valence-electron chi connectivity index (χ3n) is 1.71. The van der Waals surface area contributed by atoms with Gasteiger partial charge in [0.2, 0.25) is 5.91 Å². The molecule has 0 aliphatic carbocycles. The number of carbonyl (C=O) groups is 2. The summed E-state index contributed by atoms with van der Waals surface area (Å²) in [6.45, 7) is 2.04. The van der Waals surface area contributed by atoms with Crippen molar-refractivity contribution in [2.45, 2.75) is 25.4 Å². The summed E-state index contributed by atoms with van der Waals surface area (Å²) in [5.74, 6) is -0.688. The Labute approximate surface area is 70.2 Å². The molecule has 2 atom stereocenters. The summed E-state index contributed by atoms with van der Waals surface area (Å²) in [5.41, 5.74) is 5.38. The number of nitrogens with one attached hydrogen (secondary N) is 1. The fourth-order valence-electron chi connectivity index (χ4n) is 1.10. The van der Waals surface area contributed by atoms with Crippen LogP contribution in [0.5, 0.6) is 0 Å². The van der Waals surface area contributed by atoms with Crippen LogP contribution in [0.3, 0.4) is 0 Å². The van der Waals surface area contributed by atoms with E-state index in [2.05, 4.69) is 5.32 Å². The van der Waals surface area contributed by atoms with Crippen molar-refractivity contribution in [3.63, 3.8) is 0 Å². The van der Waals surface area contributed by atoms with Crippen molar-refractivity contribution < 1.29 is 14.3 Å². The smallest absolute Gasteiger partial charge is 0.328 e. The van der Waals surface area contributed by atoms with Crippen LogP contribution in [0.2, 0.25) is 0 Å². The summed E-state index contributed by atoms with van der Waals surface area (Å²) < 4.78 is 4.71. The fourth-order valence-corrected chi connectivity index (χ4v) is 1.10.